The zero-order valence-corrected chi connectivity index (χ0v) is 18.7. The smallest absolute Gasteiger partial charge is 0.408 e. The van der Waals surface area contributed by atoms with E-state index in [9.17, 15) is 14.4 Å². The summed E-state index contributed by atoms with van der Waals surface area (Å²) >= 11 is 0. The summed E-state index contributed by atoms with van der Waals surface area (Å²) in [7, 11) is 0. The fourth-order valence-electron chi connectivity index (χ4n) is 4.29. The van der Waals surface area contributed by atoms with Gasteiger partial charge in [0.2, 0.25) is 11.8 Å². The van der Waals surface area contributed by atoms with E-state index in [1.54, 1.807) is 22.8 Å². The predicted octanol–water partition coefficient (Wildman–Crippen LogP) is 1.61. The van der Waals surface area contributed by atoms with Crippen LogP contribution in [0.25, 0.3) is 11.1 Å². The molecule has 1 aliphatic rings. The Bertz CT molecular complexity index is 1190. The van der Waals surface area contributed by atoms with Crippen LogP contribution in [0.15, 0.2) is 57.7 Å². The van der Waals surface area contributed by atoms with Crippen molar-refractivity contribution in [3.8, 4) is 0 Å². The Morgan fingerprint density at radius 1 is 1.15 bits per heavy atom. The lowest BCUT2D eigenvalue weighted by molar-refractivity contribution is -0.127. The lowest BCUT2D eigenvalue weighted by Gasteiger charge is -2.39. The first kappa shape index (κ1) is 22.8. The first-order chi connectivity index (χ1) is 15.9. The molecule has 0 bridgehead atoms. The van der Waals surface area contributed by atoms with Gasteiger partial charge in [0.1, 0.15) is 6.04 Å². The van der Waals surface area contributed by atoms with Crippen molar-refractivity contribution in [3.63, 3.8) is 0 Å². The van der Waals surface area contributed by atoms with Gasteiger partial charge in [-0.3, -0.25) is 24.0 Å². The topological polar surface area (TPSA) is 114 Å². The molecule has 3 N–H and O–H groups in total. The molecule has 33 heavy (non-hydrogen) atoms. The number of nitrogens with zero attached hydrogens (tertiary/aromatic N) is 3. The van der Waals surface area contributed by atoms with E-state index in [0.29, 0.717) is 36.4 Å². The van der Waals surface area contributed by atoms with Crippen molar-refractivity contribution in [1.82, 2.24) is 14.4 Å². The maximum Gasteiger partial charge on any atom is 0.419 e. The number of fused-ring (bicyclic) bond motifs is 1. The molecular weight excluding hydrogens is 422 g/mol. The zero-order valence-electron chi connectivity index (χ0n) is 18.7. The van der Waals surface area contributed by atoms with Gasteiger partial charge in [0.25, 0.3) is 0 Å². The summed E-state index contributed by atoms with van der Waals surface area (Å²) in [6, 6.07) is 14.7. The molecule has 1 aromatic heterocycles. The number of aromatic nitrogens is 1. The summed E-state index contributed by atoms with van der Waals surface area (Å²) in [6.07, 6.45) is 0.812. The van der Waals surface area contributed by atoms with Crippen LogP contribution in [0.5, 0.6) is 0 Å². The third-order valence-corrected chi connectivity index (χ3v) is 5.90. The number of carbonyl (C=O) groups excluding carboxylic acids is 2. The molecule has 0 spiro atoms. The summed E-state index contributed by atoms with van der Waals surface area (Å²) in [5.41, 5.74) is 8.48. The number of primary amides is 1. The average molecular weight is 452 g/mol. The van der Waals surface area contributed by atoms with Gasteiger partial charge in [-0.15, -0.1) is 0 Å². The van der Waals surface area contributed by atoms with Crippen molar-refractivity contribution in [1.29, 1.82) is 0 Å². The maximum absolute atomic E-state index is 12.7. The highest BCUT2D eigenvalue weighted by Crippen LogP contribution is 2.19. The van der Waals surface area contributed by atoms with Crippen LogP contribution in [-0.4, -0.2) is 58.4 Å². The lowest BCUT2D eigenvalue weighted by atomic mass is 10.1. The number of anilines is 1. The highest BCUT2D eigenvalue weighted by atomic mass is 16.4. The SMILES string of the molecule is CCCn1c(=O)oc2cc(NC(=O)CN3CCN(Cc4ccccc4)CC3C(N)=O)ccc21. The number of carbonyl (C=O) groups is 2. The van der Waals surface area contributed by atoms with Gasteiger partial charge in [-0.25, -0.2) is 4.79 Å². The van der Waals surface area contributed by atoms with E-state index in [4.69, 9.17) is 10.2 Å². The summed E-state index contributed by atoms with van der Waals surface area (Å²) in [5.74, 6) is -1.11. The standard InChI is InChI=1S/C24H29N5O4/c1-2-10-29-19-9-8-18(13-21(19)33-24(29)32)26-22(30)16-28-12-11-27(15-20(28)23(25)31)14-17-6-4-3-5-7-17/h3-9,13,20H,2,10-12,14-16H2,1H3,(H2,25,31)(H,26,30). The van der Waals surface area contributed by atoms with Gasteiger partial charge in [-0.1, -0.05) is 37.3 Å². The molecule has 0 radical (unpaired) electrons. The minimum Gasteiger partial charge on any atom is -0.408 e. The van der Waals surface area contributed by atoms with Crippen molar-refractivity contribution in [2.24, 2.45) is 5.73 Å². The second-order valence-electron chi connectivity index (χ2n) is 8.36. The molecule has 3 aromatic rings. The van der Waals surface area contributed by atoms with E-state index in [-0.39, 0.29) is 12.5 Å². The largest absolute Gasteiger partial charge is 0.419 e. The molecule has 1 unspecified atom stereocenters. The molecule has 174 valence electrons. The van der Waals surface area contributed by atoms with Crippen LogP contribution >= 0.6 is 0 Å². The Hall–Kier alpha value is -3.43. The number of piperazine rings is 1. The molecule has 2 amide bonds. The molecule has 9 heteroatoms. The fraction of sp³-hybridized carbons (Fsp3) is 0.375. The van der Waals surface area contributed by atoms with Gasteiger partial charge >= 0.3 is 5.76 Å². The number of nitrogens with two attached hydrogens (primary N) is 1. The number of rotatable bonds is 8. The molecule has 0 saturated carbocycles. The van der Waals surface area contributed by atoms with Gasteiger partial charge < -0.3 is 15.5 Å². The van der Waals surface area contributed by atoms with Gasteiger partial charge in [-0.2, -0.15) is 0 Å². The van der Waals surface area contributed by atoms with E-state index in [2.05, 4.69) is 22.3 Å². The Morgan fingerprint density at radius 3 is 2.67 bits per heavy atom. The monoisotopic (exact) mass is 451 g/mol. The molecule has 0 aliphatic carbocycles. The highest BCUT2D eigenvalue weighted by Gasteiger charge is 2.32. The predicted molar refractivity (Wildman–Crippen MR) is 126 cm³/mol. The zero-order chi connectivity index (χ0) is 23.4. The van der Waals surface area contributed by atoms with Gasteiger partial charge in [0, 0.05) is 44.5 Å². The summed E-state index contributed by atoms with van der Waals surface area (Å²) in [4.78, 5) is 40.8. The Balaban J connectivity index is 1.39. The lowest BCUT2D eigenvalue weighted by Crippen LogP contribution is -2.59. The fourth-order valence-corrected chi connectivity index (χ4v) is 4.29. The summed E-state index contributed by atoms with van der Waals surface area (Å²) in [6.45, 7) is 5.09. The van der Waals surface area contributed by atoms with E-state index in [1.807, 2.05) is 30.0 Å². The van der Waals surface area contributed by atoms with Gasteiger partial charge in [-0.05, 0) is 24.1 Å². The Kier molecular flexibility index (Phi) is 6.90. The average Bonchev–Trinajstić information content (AvgIpc) is 3.10. The van der Waals surface area contributed by atoms with Crippen LogP contribution in [0, 0.1) is 0 Å². The quantitative estimate of drug-likeness (QED) is 0.538. The second-order valence-corrected chi connectivity index (χ2v) is 8.36. The number of hydrogen-bond acceptors (Lipinski definition) is 6. The molecule has 2 heterocycles. The number of aryl methyl sites for hydroxylation is 1. The minimum atomic E-state index is -0.545. The maximum atomic E-state index is 12.7. The Morgan fingerprint density at radius 2 is 1.94 bits per heavy atom. The third-order valence-electron chi connectivity index (χ3n) is 5.90. The molecule has 9 nitrogen and oxygen atoms in total. The number of nitrogens with one attached hydrogen (secondary N) is 1. The van der Waals surface area contributed by atoms with E-state index >= 15 is 0 Å². The van der Waals surface area contributed by atoms with Gasteiger partial charge in [0.15, 0.2) is 5.58 Å². The van der Waals surface area contributed by atoms with Crippen molar-refractivity contribution < 1.29 is 14.0 Å². The molecular formula is C24H29N5O4. The van der Waals surface area contributed by atoms with Crippen molar-refractivity contribution in [2.75, 3.05) is 31.5 Å². The first-order valence-corrected chi connectivity index (χ1v) is 11.2. The van der Waals surface area contributed by atoms with Crippen LogP contribution in [0.4, 0.5) is 5.69 Å². The second kappa shape index (κ2) is 10.0. The van der Waals surface area contributed by atoms with Crippen LogP contribution in [0.1, 0.15) is 18.9 Å². The minimum absolute atomic E-state index is 0.0472. The van der Waals surface area contributed by atoms with E-state index in [0.717, 1.165) is 19.5 Å². The normalized spacial score (nSPS) is 17.3. The molecule has 1 aliphatic heterocycles. The third kappa shape index (κ3) is 5.32. The van der Waals surface area contributed by atoms with E-state index < -0.39 is 17.7 Å². The molecule has 1 saturated heterocycles. The summed E-state index contributed by atoms with van der Waals surface area (Å²) in [5, 5.41) is 2.83. The summed E-state index contributed by atoms with van der Waals surface area (Å²) < 4.78 is 6.89. The van der Waals surface area contributed by atoms with Crippen LogP contribution in [0.3, 0.4) is 0 Å². The number of benzene rings is 2. The highest BCUT2D eigenvalue weighted by molar-refractivity contribution is 5.94. The number of hydrogen-bond donors (Lipinski definition) is 2. The molecule has 1 fully saturated rings. The first-order valence-electron chi connectivity index (χ1n) is 11.2. The number of oxazole rings is 1. The van der Waals surface area contributed by atoms with Crippen LogP contribution in [-0.2, 0) is 22.7 Å². The van der Waals surface area contributed by atoms with Crippen LogP contribution < -0.4 is 16.8 Å². The molecule has 2 aromatic carbocycles. The molecule has 1 atom stereocenters. The van der Waals surface area contributed by atoms with E-state index in [1.165, 1.54) is 5.56 Å². The van der Waals surface area contributed by atoms with Crippen molar-refractivity contribution >= 4 is 28.6 Å². The van der Waals surface area contributed by atoms with Crippen LogP contribution in [0.2, 0.25) is 0 Å². The van der Waals surface area contributed by atoms with Gasteiger partial charge in [0.05, 0.1) is 12.1 Å². The Labute approximate surface area is 191 Å². The number of amides is 2. The van der Waals surface area contributed by atoms with Crippen molar-refractivity contribution in [2.45, 2.75) is 32.5 Å². The molecule has 4 rings (SSSR count). The van der Waals surface area contributed by atoms with Crippen molar-refractivity contribution in [3.05, 3.63) is 64.6 Å².